The van der Waals surface area contributed by atoms with Crippen LogP contribution in [0.1, 0.15) is 140 Å². The van der Waals surface area contributed by atoms with E-state index in [0.29, 0.717) is 12.0 Å². The minimum absolute atomic E-state index is 0.0467. The summed E-state index contributed by atoms with van der Waals surface area (Å²) in [6, 6.07) is 12.7. The molecule has 258 valence electrons. The highest BCUT2D eigenvalue weighted by Gasteiger charge is 2.29. The van der Waals surface area contributed by atoms with E-state index in [4.69, 9.17) is 29.9 Å². The van der Waals surface area contributed by atoms with Crippen LogP contribution in [0.2, 0.25) is 5.02 Å². The molecule has 9 heteroatoms. The van der Waals surface area contributed by atoms with Gasteiger partial charge < -0.3 is 9.26 Å². The fraction of sp³-hybridized carbons (Fsp3) is 0.649. The zero-order valence-corrected chi connectivity index (χ0v) is 29.8. The number of nitriles is 1. The Labute approximate surface area is 282 Å². The molecule has 2 aromatic carbocycles. The lowest BCUT2D eigenvalue weighted by Crippen LogP contribution is -2.20. The summed E-state index contributed by atoms with van der Waals surface area (Å²) >= 11 is 6.16. The Kier molecular flexibility index (Phi) is 22.0. The van der Waals surface area contributed by atoms with Crippen molar-refractivity contribution < 1.29 is 27.3 Å². The maximum absolute atomic E-state index is 14.0. The molecule has 0 aromatic heterocycles. The zero-order valence-electron chi connectivity index (χ0n) is 28.2. The Bertz CT molecular complexity index is 1180. The molecule has 0 aliphatic carbocycles. The van der Waals surface area contributed by atoms with E-state index < -0.39 is 19.7 Å². The topological polar surface area (TPSA) is 77.8 Å². The molecule has 0 saturated heterocycles. The third-order valence-electron chi connectivity index (χ3n) is 8.14. The van der Waals surface area contributed by atoms with Crippen LogP contribution in [0.15, 0.2) is 42.5 Å². The summed E-state index contributed by atoms with van der Waals surface area (Å²) in [5, 5.41) is 9.47. The number of phosphoric ester groups is 1. The fourth-order valence-electron chi connectivity index (χ4n) is 5.43. The number of halogens is 2. The van der Waals surface area contributed by atoms with Gasteiger partial charge >= 0.3 is 7.82 Å². The molecular weight excluding hydrogens is 624 g/mol. The summed E-state index contributed by atoms with van der Waals surface area (Å²) in [6.07, 6.45) is 23.7. The molecule has 2 unspecified atom stereocenters. The number of hydrogen-bond acceptors (Lipinski definition) is 6. The molecule has 2 aromatic rings. The SMILES string of the molecule is CCCCCCCCCCCCCCCCCCCCC(COP(=O)(OC)Oc1ccccc1Cl)OCc1cc(F)cc(C#N)c1. The Morgan fingerprint density at radius 3 is 1.89 bits per heavy atom. The van der Waals surface area contributed by atoms with Crippen LogP contribution in [0, 0.1) is 17.1 Å². The van der Waals surface area contributed by atoms with Gasteiger partial charge in [0.15, 0.2) is 0 Å². The van der Waals surface area contributed by atoms with Gasteiger partial charge in [-0.2, -0.15) is 5.26 Å². The number of rotatable bonds is 28. The fourth-order valence-corrected chi connectivity index (χ4v) is 6.64. The number of benzene rings is 2. The lowest BCUT2D eigenvalue weighted by atomic mass is 10.0. The van der Waals surface area contributed by atoms with Crippen LogP contribution < -0.4 is 4.52 Å². The Morgan fingerprint density at radius 2 is 1.37 bits per heavy atom. The van der Waals surface area contributed by atoms with Gasteiger partial charge in [0.2, 0.25) is 0 Å². The average Bonchev–Trinajstić information content (AvgIpc) is 3.05. The van der Waals surface area contributed by atoms with Crippen molar-refractivity contribution in [1.29, 1.82) is 5.26 Å². The summed E-state index contributed by atoms with van der Waals surface area (Å²) in [5.41, 5.74) is 0.772. The van der Waals surface area contributed by atoms with Gasteiger partial charge in [-0.3, -0.25) is 9.05 Å². The first-order valence-corrected chi connectivity index (χ1v) is 19.3. The Hall–Kier alpha value is -1.94. The minimum Gasteiger partial charge on any atom is -0.402 e. The Morgan fingerprint density at radius 1 is 0.826 bits per heavy atom. The van der Waals surface area contributed by atoms with Crippen LogP contribution >= 0.6 is 19.4 Å². The van der Waals surface area contributed by atoms with Gasteiger partial charge in [-0.25, -0.2) is 8.96 Å². The molecule has 0 aliphatic rings. The first kappa shape index (κ1) is 40.2. The Balaban J connectivity index is 1.68. The minimum atomic E-state index is -3.97. The predicted octanol–water partition coefficient (Wildman–Crippen LogP) is 12.5. The summed E-state index contributed by atoms with van der Waals surface area (Å²) in [4.78, 5) is 0. The molecule has 6 nitrogen and oxygen atoms in total. The zero-order chi connectivity index (χ0) is 33.3. The van der Waals surface area contributed by atoms with Gasteiger partial charge in [0, 0.05) is 7.11 Å². The maximum atomic E-state index is 14.0. The number of phosphoric acid groups is 1. The van der Waals surface area contributed by atoms with Gasteiger partial charge in [0.25, 0.3) is 0 Å². The third kappa shape index (κ3) is 18.4. The van der Waals surface area contributed by atoms with Crippen molar-refractivity contribution in [3.63, 3.8) is 0 Å². The van der Waals surface area contributed by atoms with Crippen LogP contribution in [-0.4, -0.2) is 19.8 Å². The predicted molar refractivity (Wildman–Crippen MR) is 186 cm³/mol. The lowest BCUT2D eigenvalue weighted by Gasteiger charge is -2.22. The molecular formula is C37H56ClFNO5P. The van der Waals surface area contributed by atoms with E-state index in [1.54, 1.807) is 30.3 Å². The first-order valence-electron chi connectivity index (χ1n) is 17.4. The molecule has 0 aliphatic heterocycles. The average molecular weight is 680 g/mol. The van der Waals surface area contributed by atoms with Crippen molar-refractivity contribution >= 4 is 19.4 Å². The molecule has 2 atom stereocenters. The maximum Gasteiger partial charge on any atom is 0.529 e. The second kappa shape index (κ2) is 25.1. The van der Waals surface area contributed by atoms with E-state index in [-0.39, 0.29) is 29.5 Å². The van der Waals surface area contributed by atoms with Crippen molar-refractivity contribution in [1.82, 2.24) is 0 Å². The highest BCUT2D eigenvalue weighted by molar-refractivity contribution is 7.48. The number of hydrogen-bond donors (Lipinski definition) is 0. The van der Waals surface area contributed by atoms with E-state index in [1.807, 2.05) is 6.07 Å². The molecule has 0 N–H and O–H groups in total. The molecule has 0 heterocycles. The summed E-state index contributed by atoms with van der Waals surface area (Å²) < 4.78 is 49.5. The summed E-state index contributed by atoms with van der Waals surface area (Å²) in [7, 11) is -2.71. The quantitative estimate of drug-likeness (QED) is 0.0658. The van der Waals surface area contributed by atoms with Crippen molar-refractivity contribution in [3.05, 3.63) is 64.4 Å². The van der Waals surface area contributed by atoms with E-state index in [0.717, 1.165) is 19.3 Å². The van der Waals surface area contributed by atoms with E-state index >= 15 is 0 Å². The molecule has 0 radical (unpaired) electrons. The van der Waals surface area contributed by atoms with Crippen molar-refractivity contribution in [2.75, 3.05) is 13.7 Å². The highest BCUT2D eigenvalue weighted by Crippen LogP contribution is 2.50. The van der Waals surface area contributed by atoms with Gasteiger partial charge in [-0.05, 0) is 42.3 Å². The van der Waals surface area contributed by atoms with Gasteiger partial charge in [0.05, 0.1) is 36.0 Å². The van der Waals surface area contributed by atoms with Crippen LogP contribution in [0.25, 0.3) is 0 Å². The molecule has 46 heavy (non-hydrogen) atoms. The van der Waals surface area contributed by atoms with E-state index in [2.05, 4.69) is 6.92 Å². The number of ether oxygens (including phenoxy) is 1. The van der Waals surface area contributed by atoms with Crippen molar-refractivity contribution in [2.45, 2.75) is 142 Å². The van der Waals surface area contributed by atoms with Crippen molar-refractivity contribution in [3.8, 4) is 11.8 Å². The van der Waals surface area contributed by atoms with Crippen LogP contribution in [0.3, 0.4) is 0 Å². The van der Waals surface area contributed by atoms with Crippen LogP contribution in [-0.2, 0) is 25.0 Å². The molecule has 0 saturated carbocycles. The first-order chi connectivity index (χ1) is 22.4. The summed E-state index contributed by atoms with van der Waals surface area (Å²) in [5.74, 6) is -0.301. The number of para-hydroxylation sites is 1. The third-order valence-corrected chi connectivity index (χ3v) is 9.79. The van der Waals surface area contributed by atoms with E-state index in [9.17, 15) is 14.2 Å². The molecule has 0 fully saturated rings. The molecule has 0 bridgehead atoms. The van der Waals surface area contributed by atoms with Crippen molar-refractivity contribution in [2.24, 2.45) is 0 Å². The normalized spacial score (nSPS) is 13.3. The summed E-state index contributed by atoms with van der Waals surface area (Å²) in [6.45, 7) is 2.31. The number of unbranched alkanes of at least 4 members (excludes halogenated alkanes) is 17. The lowest BCUT2D eigenvalue weighted by molar-refractivity contribution is -0.00443. The molecule has 0 spiro atoms. The van der Waals surface area contributed by atoms with Gasteiger partial charge in [-0.1, -0.05) is 146 Å². The van der Waals surface area contributed by atoms with Crippen LogP contribution in [0.4, 0.5) is 4.39 Å². The van der Waals surface area contributed by atoms with Gasteiger partial charge in [-0.15, -0.1) is 0 Å². The van der Waals surface area contributed by atoms with Crippen LogP contribution in [0.5, 0.6) is 5.75 Å². The second-order valence-corrected chi connectivity index (χ2v) is 14.2. The smallest absolute Gasteiger partial charge is 0.402 e. The number of nitrogens with zero attached hydrogens (tertiary/aromatic N) is 1. The van der Waals surface area contributed by atoms with Gasteiger partial charge in [0.1, 0.15) is 11.6 Å². The monoisotopic (exact) mass is 679 g/mol. The van der Waals surface area contributed by atoms with E-state index in [1.165, 1.54) is 116 Å². The second-order valence-electron chi connectivity index (χ2n) is 12.1. The molecule has 0 amide bonds. The largest absolute Gasteiger partial charge is 0.529 e. The highest BCUT2D eigenvalue weighted by atomic mass is 35.5. The standard InChI is InChI=1S/C37H56ClFNO5P/c1-3-4-5-6-7-8-9-10-11-12-13-14-15-16-17-18-19-20-23-35(43-30-33-26-32(29-40)27-34(39)28-33)31-44-46(41,42-2)45-37-25-22-21-24-36(37)38/h21-22,24-28,35H,3-20,23,30-31H2,1-2H3. The molecule has 2 rings (SSSR count).